The molecule has 7 nitrogen and oxygen atoms in total. The standard InChI is InChI=1S/C17H22N2O5/c1-12(16(21)22)18-15(20)14-7-9-19(10-8-14)17(23)24-11-13-5-3-2-4-6-13/h2-6,12,14H,7-11H2,1H3,(H,18,20)(H,21,22)/t12-/m1/s1. The molecule has 2 rings (SSSR count). The Kier molecular flexibility index (Phi) is 6.17. The van der Waals surface area contributed by atoms with Gasteiger partial charge >= 0.3 is 12.1 Å². The Morgan fingerprint density at radius 2 is 1.88 bits per heavy atom. The molecule has 0 radical (unpaired) electrons. The first-order valence-corrected chi connectivity index (χ1v) is 7.96. The predicted octanol–water partition coefficient (Wildman–Crippen LogP) is 1.62. The van der Waals surface area contributed by atoms with Gasteiger partial charge in [-0.05, 0) is 25.3 Å². The average molecular weight is 334 g/mol. The van der Waals surface area contributed by atoms with Gasteiger partial charge in [-0.25, -0.2) is 4.79 Å². The smallest absolute Gasteiger partial charge is 0.410 e. The second-order valence-electron chi connectivity index (χ2n) is 5.87. The van der Waals surface area contributed by atoms with E-state index in [1.54, 1.807) is 4.90 Å². The van der Waals surface area contributed by atoms with Crippen LogP contribution in [-0.2, 0) is 20.9 Å². The second kappa shape index (κ2) is 8.33. The quantitative estimate of drug-likeness (QED) is 0.853. The summed E-state index contributed by atoms with van der Waals surface area (Å²) in [6.45, 7) is 2.49. The van der Waals surface area contributed by atoms with Gasteiger partial charge in [0.2, 0.25) is 5.91 Å². The molecule has 0 bridgehead atoms. The van der Waals surface area contributed by atoms with Crippen molar-refractivity contribution in [2.45, 2.75) is 32.4 Å². The van der Waals surface area contributed by atoms with E-state index >= 15 is 0 Å². The number of likely N-dealkylation sites (tertiary alicyclic amines) is 1. The zero-order valence-electron chi connectivity index (χ0n) is 13.6. The molecule has 0 unspecified atom stereocenters. The van der Waals surface area contributed by atoms with Gasteiger partial charge in [-0.2, -0.15) is 0 Å². The van der Waals surface area contributed by atoms with Crippen LogP contribution in [0.15, 0.2) is 30.3 Å². The fourth-order valence-corrected chi connectivity index (χ4v) is 2.53. The van der Waals surface area contributed by atoms with Crippen LogP contribution in [0.5, 0.6) is 0 Å². The molecule has 0 spiro atoms. The minimum atomic E-state index is -1.06. The highest BCUT2D eigenvalue weighted by Gasteiger charge is 2.29. The lowest BCUT2D eigenvalue weighted by atomic mass is 9.96. The van der Waals surface area contributed by atoms with E-state index in [0.29, 0.717) is 25.9 Å². The third-order valence-electron chi connectivity index (χ3n) is 4.06. The van der Waals surface area contributed by atoms with Crippen LogP contribution in [0.2, 0.25) is 0 Å². The van der Waals surface area contributed by atoms with Crippen LogP contribution >= 0.6 is 0 Å². The first-order chi connectivity index (χ1) is 11.5. The number of hydrogen-bond acceptors (Lipinski definition) is 4. The minimum Gasteiger partial charge on any atom is -0.480 e. The molecule has 1 aliphatic heterocycles. The first kappa shape index (κ1) is 17.8. The Morgan fingerprint density at radius 1 is 1.25 bits per heavy atom. The minimum absolute atomic E-state index is 0.218. The van der Waals surface area contributed by atoms with Crippen molar-refractivity contribution < 1.29 is 24.2 Å². The molecule has 1 atom stereocenters. The fourth-order valence-electron chi connectivity index (χ4n) is 2.53. The van der Waals surface area contributed by atoms with Crippen molar-refractivity contribution in [3.63, 3.8) is 0 Å². The normalized spacial score (nSPS) is 16.3. The van der Waals surface area contributed by atoms with Crippen molar-refractivity contribution in [3.05, 3.63) is 35.9 Å². The van der Waals surface area contributed by atoms with E-state index in [0.717, 1.165) is 5.56 Å². The van der Waals surface area contributed by atoms with Gasteiger partial charge < -0.3 is 20.1 Å². The van der Waals surface area contributed by atoms with Crippen molar-refractivity contribution in [2.24, 2.45) is 5.92 Å². The van der Waals surface area contributed by atoms with Gasteiger partial charge in [0.1, 0.15) is 12.6 Å². The monoisotopic (exact) mass is 334 g/mol. The summed E-state index contributed by atoms with van der Waals surface area (Å²) in [6, 6.07) is 8.51. The Hall–Kier alpha value is -2.57. The number of carbonyl (C=O) groups is 3. The number of hydrogen-bond donors (Lipinski definition) is 2. The van der Waals surface area contributed by atoms with Gasteiger partial charge in [0.05, 0.1) is 0 Å². The number of nitrogens with zero attached hydrogens (tertiary/aromatic N) is 1. The summed E-state index contributed by atoms with van der Waals surface area (Å²) in [5.41, 5.74) is 0.919. The molecule has 0 aromatic heterocycles. The molecule has 2 amide bonds. The van der Waals surface area contributed by atoms with Gasteiger partial charge in [0.25, 0.3) is 0 Å². The molecule has 0 aliphatic carbocycles. The van der Waals surface area contributed by atoms with Crippen molar-refractivity contribution >= 4 is 18.0 Å². The van der Waals surface area contributed by atoms with E-state index in [1.807, 2.05) is 30.3 Å². The van der Waals surface area contributed by atoms with Gasteiger partial charge in [0, 0.05) is 19.0 Å². The van der Waals surface area contributed by atoms with E-state index in [1.165, 1.54) is 6.92 Å². The molecule has 1 heterocycles. The Morgan fingerprint density at radius 3 is 2.46 bits per heavy atom. The van der Waals surface area contributed by atoms with E-state index in [-0.39, 0.29) is 18.4 Å². The SMILES string of the molecule is C[C@@H](NC(=O)C1CCN(C(=O)OCc2ccccc2)CC1)C(=O)O. The van der Waals surface area contributed by atoms with Crippen LogP contribution in [0, 0.1) is 5.92 Å². The number of carboxylic acid groups (broad SMARTS) is 1. The van der Waals surface area contributed by atoms with Crippen molar-refractivity contribution in [3.8, 4) is 0 Å². The van der Waals surface area contributed by atoms with E-state index in [9.17, 15) is 14.4 Å². The number of piperidine rings is 1. The van der Waals surface area contributed by atoms with Gasteiger partial charge in [0.15, 0.2) is 0 Å². The lowest BCUT2D eigenvalue weighted by Gasteiger charge is -2.31. The van der Waals surface area contributed by atoms with Gasteiger partial charge in [-0.3, -0.25) is 9.59 Å². The van der Waals surface area contributed by atoms with E-state index in [2.05, 4.69) is 5.32 Å². The maximum atomic E-state index is 12.0. The number of aliphatic carboxylic acids is 1. The Balaban J connectivity index is 1.74. The zero-order chi connectivity index (χ0) is 17.5. The van der Waals surface area contributed by atoms with Crippen molar-refractivity contribution in [2.75, 3.05) is 13.1 Å². The van der Waals surface area contributed by atoms with Crippen LogP contribution in [-0.4, -0.2) is 47.1 Å². The van der Waals surface area contributed by atoms with E-state index in [4.69, 9.17) is 9.84 Å². The number of benzene rings is 1. The van der Waals surface area contributed by atoms with Crippen LogP contribution in [0.1, 0.15) is 25.3 Å². The summed E-state index contributed by atoms with van der Waals surface area (Å²) in [6.07, 6.45) is 0.605. The highest BCUT2D eigenvalue weighted by Crippen LogP contribution is 2.18. The molecule has 2 N–H and O–H groups in total. The van der Waals surface area contributed by atoms with E-state index < -0.39 is 18.1 Å². The van der Waals surface area contributed by atoms with Crippen LogP contribution in [0.4, 0.5) is 4.79 Å². The summed E-state index contributed by atoms with van der Waals surface area (Å²) >= 11 is 0. The molecule has 1 aromatic rings. The lowest BCUT2D eigenvalue weighted by molar-refractivity contribution is -0.142. The molecule has 24 heavy (non-hydrogen) atoms. The van der Waals surface area contributed by atoms with Crippen LogP contribution < -0.4 is 5.32 Å². The zero-order valence-corrected chi connectivity index (χ0v) is 13.6. The largest absolute Gasteiger partial charge is 0.480 e. The highest BCUT2D eigenvalue weighted by molar-refractivity contribution is 5.84. The maximum absolute atomic E-state index is 12.0. The van der Waals surface area contributed by atoms with Gasteiger partial charge in [-0.15, -0.1) is 0 Å². The Bertz CT molecular complexity index is 582. The van der Waals surface area contributed by atoms with Crippen LogP contribution in [0.3, 0.4) is 0 Å². The number of rotatable bonds is 5. The molecule has 130 valence electrons. The molecule has 7 heteroatoms. The maximum Gasteiger partial charge on any atom is 0.410 e. The first-order valence-electron chi connectivity index (χ1n) is 7.96. The summed E-state index contributed by atoms with van der Waals surface area (Å²) in [7, 11) is 0. The van der Waals surface area contributed by atoms with Crippen LogP contribution in [0.25, 0.3) is 0 Å². The average Bonchev–Trinajstić information content (AvgIpc) is 2.60. The predicted molar refractivity (Wildman–Crippen MR) is 86.2 cm³/mol. The molecule has 1 aliphatic rings. The summed E-state index contributed by atoms with van der Waals surface area (Å²) in [5, 5.41) is 11.3. The van der Waals surface area contributed by atoms with Crippen molar-refractivity contribution in [1.82, 2.24) is 10.2 Å². The second-order valence-corrected chi connectivity index (χ2v) is 5.87. The molecule has 1 aromatic carbocycles. The molecule has 0 saturated carbocycles. The highest BCUT2D eigenvalue weighted by atomic mass is 16.6. The van der Waals surface area contributed by atoms with Crippen molar-refractivity contribution in [1.29, 1.82) is 0 Å². The third-order valence-corrected chi connectivity index (χ3v) is 4.06. The lowest BCUT2D eigenvalue weighted by Crippen LogP contribution is -2.46. The number of carboxylic acids is 1. The molecule has 1 fully saturated rings. The number of nitrogens with one attached hydrogen (secondary N) is 1. The van der Waals surface area contributed by atoms with Gasteiger partial charge in [-0.1, -0.05) is 30.3 Å². The third kappa shape index (κ3) is 4.97. The summed E-state index contributed by atoms with van der Waals surface area (Å²) in [4.78, 5) is 36.4. The number of ether oxygens (including phenoxy) is 1. The number of amides is 2. The molecular weight excluding hydrogens is 312 g/mol. The summed E-state index contributed by atoms with van der Waals surface area (Å²) in [5.74, 6) is -1.61. The topological polar surface area (TPSA) is 95.9 Å². The summed E-state index contributed by atoms with van der Waals surface area (Å²) < 4.78 is 5.27. The number of carbonyl (C=O) groups excluding carboxylic acids is 2. The molecule has 1 saturated heterocycles. The fraction of sp³-hybridized carbons (Fsp3) is 0.471. The Labute approximate surface area is 140 Å². The molecular formula is C17H22N2O5.